The maximum Gasteiger partial charge on any atom is 0.342 e. The predicted molar refractivity (Wildman–Crippen MR) is 99.8 cm³/mol. The van der Waals surface area contributed by atoms with Gasteiger partial charge in [-0.25, -0.2) is 9.59 Å². The molecule has 0 aromatic heterocycles. The predicted octanol–water partition coefficient (Wildman–Crippen LogP) is 1.57. The molecule has 0 fully saturated rings. The molecule has 9 heteroatoms. The number of methoxy groups -OCH3 is 4. The summed E-state index contributed by atoms with van der Waals surface area (Å²) in [5.41, 5.74) is 0.0691. The molecule has 0 aliphatic carbocycles. The summed E-state index contributed by atoms with van der Waals surface area (Å²) in [7, 11) is 5.47. The largest absolute Gasteiger partial charge is 0.493 e. The number of nitrogens with one attached hydrogen (secondary N) is 1. The van der Waals surface area contributed by atoms with Crippen LogP contribution in [0.4, 0.5) is 0 Å². The first-order valence-corrected chi connectivity index (χ1v) is 8.62. The van der Waals surface area contributed by atoms with E-state index in [1.165, 1.54) is 40.6 Å². The highest BCUT2D eigenvalue weighted by atomic mass is 16.5. The maximum absolute atomic E-state index is 12.4. The Labute approximate surface area is 164 Å². The number of hydrogen-bond donors (Lipinski definition) is 1. The van der Waals surface area contributed by atoms with Crippen LogP contribution in [-0.2, 0) is 19.1 Å². The molecule has 1 N–H and O–H groups in total. The summed E-state index contributed by atoms with van der Waals surface area (Å²) in [4.78, 5) is 36.2. The van der Waals surface area contributed by atoms with Gasteiger partial charge >= 0.3 is 11.9 Å². The van der Waals surface area contributed by atoms with Crippen molar-refractivity contribution in [3.05, 3.63) is 17.7 Å². The molecular weight excluding hydrogens is 370 g/mol. The van der Waals surface area contributed by atoms with Crippen LogP contribution in [0.1, 0.15) is 30.6 Å². The molecule has 0 saturated heterocycles. The molecule has 28 heavy (non-hydrogen) atoms. The smallest absolute Gasteiger partial charge is 0.342 e. The zero-order chi connectivity index (χ0) is 21.3. The van der Waals surface area contributed by atoms with Gasteiger partial charge in [0.05, 0.1) is 28.4 Å². The summed E-state index contributed by atoms with van der Waals surface area (Å²) >= 11 is 0. The fourth-order valence-corrected chi connectivity index (χ4v) is 2.53. The number of carbonyl (C=O) groups is 3. The van der Waals surface area contributed by atoms with Crippen LogP contribution in [0.25, 0.3) is 0 Å². The zero-order valence-corrected chi connectivity index (χ0v) is 17.0. The molecule has 1 atom stereocenters. The molecule has 0 spiro atoms. The summed E-state index contributed by atoms with van der Waals surface area (Å²) in [6.07, 6.45) is 0.399. The quantitative estimate of drug-likeness (QED) is 0.593. The fourth-order valence-electron chi connectivity index (χ4n) is 2.53. The molecule has 9 nitrogen and oxygen atoms in total. The zero-order valence-electron chi connectivity index (χ0n) is 17.0. The Morgan fingerprint density at radius 1 is 0.964 bits per heavy atom. The molecule has 0 unspecified atom stereocenters. The van der Waals surface area contributed by atoms with Gasteiger partial charge in [0, 0.05) is 0 Å². The van der Waals surface area contributed by atoms with Crippen LogP contribution in [0.15, 0.2) is 12.1 Å². The van der Waals surface area contributed by atoms with Gasteiger partial charge in [-0.15, -0.1) is 0 Å². The molecule has 0 bridgehead atoms. The van der Waals surface area contributed by atoms with Crippen LogP contribution in [0.2, 0.25) is 0 Å². The molecule has 0 heterocycles. The number of amides is 1. The van der Waals surface area contributed by atoms with Crippen LogP contribution in [0.3, 0.4) is 0 Å². The second-order valence-corrected chi connectivity index (χ2v) is 6.23. The first-order valence-electron chi connectivity index (χ1n) is 8.62. The van der Waals surface area contributed by atoms with E-state index in [0.717, 1.165) is 0 Å². The van der Waals surface area contributed by atoms with Crippen LogP contribution in [-0.4, -0.2) is 58.9 Å². The SMILES string of the molecule is COC(=O)[C@H](CC(C)C)NC(=O)COC(=O)c1ccc(OC)c(OC)c1OC. The summed E-state index contributed by atoms with van der Waals surface area (Å²) in [5, 5.41) is 2.51. The third-order valence-electron chi connectivity index (χ3n) is 3.79. The van der Waals surface area contributed by atoms with Crippen LogP contribution < -0.4 is 19.5 Å². The third-order valence-corrected chi connectivity index (χ3v) is 3.79. The Bertz CT molecular complexity index is 701. The van der Waals surface area contributed by atoms with Gasteiger partial charge in [-0.05, 0) is 24.5 Å². The number of carbonyl (C=O) groups excluding carboxylic acids is 3. The molecule has 0 aliphatic heterocycles. The summed E-state index contributed by atoms with van der Waals surface area (Å²) in [6.45, 7) is 3.25. The highest BCUT2D eigenvalue weighted by molar-refractivity contribution is 5.95. The van der Waals surface area contributed by atoms with Crippen molar-refractivity contribution in [1.29, 1.82) is 0 Å². The molecule has 0 aliphatic rings. The van der Waals surface area contributed by atoms with E-state index in [4.69, 9.17) is 18.9 Å². The second-order valence-electron chi connectivity index (χ2n) is 6.23. The van der Waals surface area contributed by atoms with E-state index in [2.05, 4.69) is 10.1 Å². The van der Waals surface area contributed by atoms with Crippen molar-refractivity contribution in [2.75, 3.05) is 35.0 Å². The van der Waals surface area contributed by atoms with E-state index in [0.29, 0.717) is 12.2 Å². The van der Waals surface area contributed by atoms with Crippen molar-refractivity contribution in [3.63, 3.8) is 0 Å². The minimum atomic E-state index is -0.813. The van der Waals surface area contributed by atoms with Crippen molar-refractivity contribution >= 4 is 17.8 Å². The van der Waals surface area contributed by atoms with Crippen molar-refractivity contribution in [1.82, 2.24) is 5.32 Å². The Balaban J connectivity index is 2.83. The molecule has 156 valence electrons. The van der Waals surface area contributed by atoms with Gasteiger partial charge in [-0.1, -0.05) is 13.8 Å². The lowest BCUT2D eigenvalue weighted by atomic mass is 10.0. The molecular formula is C19H27NO8. The normalized spacial score (nSPS) is 11.4. The molecule has 1 amide bonds. The van der Waals surface area contributed by atoms with E-state index >= 15 is 0 Å². The van der Waals surface area contributed by atoms with E-state index in [1.807, 2.05) is 13.8 Å². The lowest BCUT2D eigenvalue weighted by Gasteiger charge is -2.18. The van der Waals surface area contributed by atoms with Gasteiger partial charge in [0.15, 0.2) is 18.1 Å². The number of benzene rings is 1. The van der Waals surface area contributed by atoms with Gasteiger partial charge < -0.3 is 29.0 Å². The van der Waals surface area contributed by atoms with Gasteiger partial charge in [0.25, 0.3) is 5.91 Å². The number of esters is 2. The second kappa shape index (κ2) is 11.0. The van der Waals surface area contributed by atoms with Crippen LogP contribution in [0.5, 0.6) is 17.2 Å². The van der Waals surface area contributed by atoms with Crippen molar-refractivity contribution in [2.45, 2.75) is 26.3 Å². The Morgan fingerprint density at radius 2 is 1.61 bits per heavy atom. The first kappa shape index (κ1) is 23.1. The fraction of sp³-hybridized carbons (Fsp3) is 0.526. The Kier molecular flexibility index (Phi) is 9.07. The van der Waals surface area contributed by atoms with Crippen LogP contribution >= 0.6 is 0 Å². The van der Waals surface area contributed by atoms with E-state index < -0.39 is 30.5 Å². The molecule has 0 saturated carbocycles. The average Bonchev–Trinajstić information content (AvgIpc) is 2.68. The first-order chi connectivity index (χ1) is 13.3. The summed E-state index contributed by atoms with van der Waals surface area (Å²) in [6, 6.07) is 2.15. The molecule has 0 radical (unpaired) electrons. The van der Waals surface area contributed by atoms with Crippen LogP contribution in [0, 0.1) is 5.92 Å². The number of hydrogen-bond acceptors (Lipinski definition) is 8. The molecule has 1 aromatic carbocycles. The van der Waals surface area contributed by atoms with Gasteiger partial charge in [0.2, 0.25) is 5.75 Å². The van der Waals surface area contributed by atoms with Gasteiger partial charge in [-0.2, -0.15) is 0 Å². The topological polar surface area (TPSA) is 109 Å². The van der Waals surface area contributed by atoms with Gasteiger partial charge in [-0.3, -0.25) is 4.79 Å². The summed E-state index contributed by atoms with van der Waals surface area (Å²) < 4.78 is 25.3. The minimum absolute atomic E-state index is 0.0691. The monoisotopic (exact) mass is 397 g/mol. The molecule has 1 rings (SSSR count). The molecule has 1 aromatic rings. The highest BCUT2D eigenvalue weighted by Crippen LogP contribution is 2.39. The van der Waals surface area contributed by atoms with Crippen molar-refractivity contribution in [3.8, 4) is 17.2 Å². The summed E-state index contributed by atoms with van der Waals surface area (Å²) in [5.74, 6) is -1.08. The highest BCUT2D eigenvalue weighted by Gasteiger charge is 2.25. The standard InChI is InChI=1S/C19H27NO8/c1-11(2)9-13(19(23)27-6)20-15(21)10-28-18(22)12-7-8-14(24-3)17(26-5)16(12)25-4/h7-8,11,13H,9-10H2,1-6H3,(H,20,21)/t13-/m0/s1. The number of rotatable bonds is 10. The van der Waals surface area contributed by atoms with E-state index in [1.54, 1.807) is 0 Å². The number of ether oxygens (including phenoxy) is 5. The van der Waals surface area contributed by atoms with Crippen molar-refractivity contribution < 1.29 is 38.1 Å². The maximum atomic E-state index is 12.4. The van der Waals surface area contributed by atoms with E-state index in [9.17, 15) is 14.4 Å². The third kappa shape index (κ3) is 6.04. The Morgan fingerprint density at radius 3 is 2.11 bits per heavy atom. The van der Waals surface area contributed by atoms with E-state index in [-0.39, 0.29) is 23.0 Å². The van der Waals surface area contributed by atoms with Crippen molar-refractivity contribution in [2.24, 2.45) is 5.92 Å². The minimum Gasteiger partial charge on any atom is -0.493 e. The van der Waals surface area contributed by atoms with Gasteiger partial charge in [0.1, 0.15) is 11.6 Å². The Hall–Kier alpha value is -2.97. The lowest BCUT2D eigenvalue weighted by Crippen LogP contribution is -2.44. The lowest BCUT2D eigenvalue weighted by molar-refractivity contribution is -0.145. The average molecular weight is 397 g/mol.